The molecular weight excluding hydrogens is 1720 g/mol. The SMILES string of the molecule is CC(C)C[C@@H]1NCCN([C@@H](CC(C)C)C(=O)N2CCC(COc3ccc(Cl)cc3)CC2)C1=O.CC(C)C[C@@H]1NCCN([C@@H](CC(C)C)C(=O)N2CCC(COc3cccc(C#N)c3)CC2)C1=O.CC(C)C[C@@H]1NCCN([C@@H](CC(C)C)C(=O)N2CCC(COc3cccc(C#N)c3)CC2)C1=O.[C-]#[N+]c1ccccc1OCC1CCN(C(=O)[C@H](CC(C)C)N2CCN[C@@H](CC(C)C)C2=O)CC1. The number of benzene rings is 4. The van der Waals surface area contributed by atoms with Gasteiger partial charge < -0.3 is 79.4 Å². The van der Waals surface area contributed by atoms with Gasteiger partial charge in [0, 0.05) is 110 Å². The van der Waals surface area contributed by atoms with Crippen LogP contribution < -0.4 is 40.2 Å². The molecule has 0 aliphatic carbocycles. The molecule has 8 fully saturated rings. The number of nitrogens with zero attached hydrogens (tertiary/aromatic N) is 11. The van der Waals surface area contributed by atoms with E-state index in [9.17, 15) is 38.4 Å². The largest absolute Gasteiger partial charge is 0.504 e. The quantitative estimate of drug-likeness (QED) is 0.0308. The van der Waals surface area contributed by atoms with Crippen LogP contribution in [0.4, 0.5) is 5.69 Å². The lowest BCUT2D eigenvalue weighted by Gasteiger charge is -2.42. The molecule has 8 aliphatic rings. The van der Waals surface area contributed by atoms with E-state index in [0.29, 0.717) is 228 Å². The molecule has 0 spiro atoms. The monoisotopic (exact) mass is 1880 g/mol. The fraction of sp³-hybridized carbons (Fsp3) is 0.673. The van der Waals surface area contributed by atoms with E-state index < -0.39 is 0 Å². The molecule has 8 saturated heterocycles. The second-order valence-corrected chi connectivity index (χ2v) is 42.3. The zero-order valence-electron chi connectivity index (χ0n) is 83.9. The molecule has 8 aliphatic heterocycles. The Hall–Kier alpha value is -9.56. The number of hydrogen-bond acceptors (Lipinski definition) is 18. The molecule has 0 unspecified atom stereocenters. The van der Waals surface area contributed by atoms with Crippen LogP contribution in [0, 0.1) is 100 Å². The van der Waals surface area contributed by atoms with Crippen molar-refractivity contribution in [1.82, 2.24) is 60.5 Å². The van der Waals surface area contributed by atoms with Crippen LogP contribution in [-0.4, -0.2) is 266 Å². The lowest BCUT2D eigenvalue weighted by Crippen LogP contribution is -2.62. The third-order valence-corrected chi connectivity index (χ3v) is 27.2. The summed E-state index contributed by atoms with van der Waals surface area (Å²) in [5.74, 6) is 8.08. The van der Waals surface area contributed by atoms with Crippen molar-refractivity contribution >= 4 is 64.5 Å². The number of likely N-dealkylation sites (tertiary alicyclic amines) is 4. The molecule has 135 heavy (non-hydrogen) atoms. The van der Waals surface area contributed by atoms with E-state index in [2.05, 4.69) is 149 Å². The van der Waals surface area contributed by atoms with E-state index in [-0.39, 0.29) is 95.6 Å². The molecule has 8 amide bonds. The Balaban J connectivity index is 0.000000202. The van der Waals surface area contributed by atoms with Crippen molar-refractivity contribution < 1.29 is 57.3 Å². The lowest BCUT2D eigenvalue weighted by molar-refractivity contribution is -0.150. The summed E-state index contributed by atoms with van der Waals surface area (Å²) in [6.07, 6.45) is 13.0. The van der Waals surface area contributed by atoms with Gasteiger partial charge in [0.25, 0.3) is 0 Å². The normalized spacial score (nSPS) is 20.6. The fourth-order valence-corrected chi connectivity index (χ4v) is 19.7. The van der Waals surface area contributed by atoms with Crippen LogP contribution in [0.2, 0.25) is 5.02 Å². The van der Waals surface area contributed by atoms with Gasteiger partial charge in [0.2, 0.25) is 52.9 Å². The Labute approximate surface area is 812 Å². The van der Waals surface area contributed by atoms with E-state index in [4.69, 9.17) is 47.6 Å². The van der Waals surface area contributed by atoms with Gasteiger partial charge in [-0.1, -0.05) is 153 Å². The summed E-state index contributed by atoms with van der Waals surface area (Å²) in [6, 6.07) is 31.1. The van der Waals surface area contributed by atoms with Gasteiger partial charge in [0.1, 0.15) is 47.2 Å². The van der Waals surface area contributed by atoms with Crippen LogP contribution in [-0.2, 0) is 38.4 Å². The van der Waals surface area contributed by atoms with Crippen molar-refractivity contribution in [1.29, 1.82) is 10.5 Å². The van der Waals surface area contributed by atoms with Gasteiger partial charge in [-0.25, -0.2) is 4.85 Å². The number of piperazine rings is 4. The van der Waals surface area contributed by atoms with Crippen LogP contribution in [0.15, 0.2) is 97.1 Å². The molecule has 0 radical (unpaired) electrons. The molecule has 12 rings (SSSR count). The van der Waals surface area contributed by atoms with Crippen LogP contribution in [0.5, 0.6) is 23.0 Å². The number of ether oxygens (including phenoxy) is 4. The molecule has 27 nitrogen and oxygen atoms in total. The highest BCUT2D eigenvalue weighted by Crippen LogP contribution is 2.34. The van der Waals surface area contributed by atoms with Gasteiger partial charge in [-0.3, -0.25) is 38.4 Å². The standard InChI is InChI=1S/3C27H40N4O3.C26H40ClN3O3/c1-19(2)16-23-26(32)31(15-12-29-23)24(17-20(3)4)27(33)30-13-10-21(11-14-30)18-34-25-9-7-6-8-22(25)28-5;2*1-19(2)14-24-26(32)31(13-10-29-24)25(15-20(3)4)27(33)30-11-8-21(9-12-30)18-34-23-7-5-6-22(16-23)17-28;1-18(2)15-23-25(31)30(14-11-28-23)24(16-19(3)4)26(32)29-12-9-20(10-13-29)17-33-22-7-5-21(27)6-8-22/h6-9,19-21,23-24,29H,10-18H2,1-4H3;2*5-7,16,19-21,24-25,29H,8-15,18H2,1-4H3;5-8,18-20,23-24,28H,9-17H2,1-4H3/t23-,24-;2*24-,25-;23-,24-/m0000/s1. The fourth-order valence-electron chi connectivity index (χ4n) is 19.6. The van der Waals surface area contributed by atoms with Gasteiger partial charge in [0.15, 0.2) is 0 Å². The highest BCUT2D eigenvalue weighted by Gasteiger charge is 2.45. The highest BCUT2D eigenvalue weighted by molar-refractivity contribution is 6.30. The Bertz CT molecular complexity index is 4370. The number of para-hydroxylation sites is 2. The minimum absolute atomic E-state index is 0.0701. The number of nitrogens with one attached hydrogen (secondary N) is 4. The van der Waals surface area contributed by atoms with Gasteiger partial charge in [-0.15, -0.1) is 0 Å². The van der Waals surface area contributed by atoms with Gasteiger partial charge in [-0.05, 0) is 240 Å². The minimum Gasteiger partial charge on any atom is -0.504 e. The Morgan fingerprint density at radius 3 is 0.889 bits per heavy atom. The minimum atomic E-state index is -0.386. The molecule has 8 atom stereocenters. The van der Waals surface area contributed by atoms with Crippen LogP contribution in [0.25, 0.3) is 4.85 Å². The van der Waals surface area contributed by atoms with Crippen LogP contribution in [0.1, 0.15) is 225 Å². The number of piperidine rings is 4. The zero-order valence-corrected chi connectivity index (χ0v) is 84.7. The number of amides is 8. The number of nitriles is 2. The van der Waals surface area contributed by atoms with Crippen molar-refractivity contribution in [3.05, 3.63) is 125 Å². The summed E-state index contributed by atoms with van der Waals surface area (Å²) < 4.78 is 23.7. The van der Waals surface area contributed by atoms with Crippen molar-refractivity contribution in [3.63, 3.8) is 0 Å². The molecule has 742 valence electrons. The second kappa shape index (κ2) is 55.1. The molecule has 4 aromatic rings. The number of carbonyl (C=O) groups excluding carboxylic acids is 8. The predicted molar refractivity (Wildman–Crippen MR) is 530 cm³/mol. The van der Waals surface area contributed by atoms with Crippen LogP contribution in [0.3, 0.4) is 0 Å². The van der Waals surface area contributed by atoms with Crippen molar-refractivity contribution in [2.75, 3.05) is 131 Å². The number of carbonyl (C=O) groups is 8. The first-order valence-electron chi connectivity index (χ1n) is 50.6. The Morgan fingerprint density at radius 1 is 0.363 bits per heavy atom. The number of halogens is 1. The molecule has 0 bridgehead atoms. The summed E-state index contributed by atoms with van der Waals surface area (Å²) in [6.45, 7) is 54.4. The third kappa shape index (κ3) is 34.2. The maximum absolute atomic E-state index is 13.6. The molecule has 0 aromatic heterocycles. The molecule has 0 saturated carbocycles. The molecule has 28 heteroatoms. The average Bonchev–Trinajstić information content (AvgIpc) is 0.815. The lowest BCUT2D eigenvalue weighted by atomic mass is 9.94. The third-order valence-electron chi connectivity index (χ3n) is 26.9. The first kappa shape index (κ1) is 109. The van der Waals surface area contributed by atoms with Crippen molar-refractivity contribution in [3.8, 4) is 35.1 Å². The second-order valence-electron chi connectivity index (χ2n) is 41.9. The number of hydrogen-bond donors (Lipinski definition) is 4. The zero-order chi connectivity index (χ0) is 98.0. The topological polar surface area (TPSA) is 299 Å². The van der Waals surface area contributed by atoms with Gasteiger partial charge in [0.05, 0.1) is 80.4 Å². The summed E-state index contributed by atoms with van der Waals surface area (Å²) in [7, 11) is 0. The predicted octanol–water partition coefficient (Wildman–Crippen LogP) is 15.2. The van der Waals surface area contributed by atoms with E-state index in [1.165, 1.54) is 0 Å². The summed E-state index contributed by atoms with van der Waals surface area (Å²) in [5.41, 5.74) is 1.71. The van der Waals surface area contributed by atoms with Crippen LogP contribution >= 0.6 is 11.6 Å². The average molecular weight is 1880 g/mol. The number of rotatable bonds is 36. The first-order chi connectivity index (χ1) is 64.6. The van der Waals surface area contributed by atoms with Gasteiger partial charge in [-0.2, -0.15) is 10.5 Å². The smallest absolute Gasteiger partial charge is 0.245 e. The van der Waals surface area contributed by atoms with Gasteiger partial charge >= 0.3 is 0 Å². The van der Waals surface area contributed by atoms with E-state index in [1.54, 1.807) is 30.3 Å². The van der Waals surface area contributed by atoms with E-state index in [1.807, 2.05) is 106 Å². The van der Waals surface area contributed by atoms with E-state index >= 15 is 0 Å². The summed E-state index contributed by atoms with van der Waals surface area (Å²) in [5, 5.41) is 32.2. The van der Waals surface area contributed by atoms with Crippen molar-refractivity contribution in [2.45, 2.75) is 262 Å². The summed E-state index contributed by atoms with van der Waals surface area (Å²) >= 11 is 5.94. The molecule has 4 N–H and O–H groups in total. The Kier molecular flexibility index (Phi) is 44.6. The van der Waals surface area contributed by atoms with E-state index in [0.717, 1.165) is 122 Å². The molecule has 8 heterocycles. The maximum Gasteiger partial charge on any atom is 0.245 e. The van der Waals surface area contributed by atoms with Crippen molar-refractivity contribution in [2.24, 2.45) is 71.0 Å². The Morgan fingerprint density at radius 2 is 0.630 bits per heavy atom. The summed E-state index contributed by atoms with van der Waals surface area (Å²) in [4.78, 5) is 126. The maximum atomic E-state index is 13.6. The molecule has 4 aromatic carbocycles. The first-order valence-corrected chi connectivity index (χ1v) is 51.0. The molecular formula is C107H160ClN15O12. The highest BCUT2D eigenvalue weighted by atomic mass is 35.5.